The zero-order chi connectivity index (χ0) is 10.7. The van der Waals surface area contributed by atoms with Gasteiger partial charge < -0.3 is 9.64 Å². The Morgan fingerprint density at radius 3 is 2.80 bits per heavy atom. The first-order valence-corrected chi connectivity index (χ1v) is 6.05. The summed E-state index contributed by atoms with van der Waals surface area (Å²) >= 11 is 1.81. The van der Waals surface area contributed by atoms with Crippen LogP contribution in [0.4, 0.5) is 4.79 Å². The van der Waals surface area contributed by atoms with E-state index in [0.717, 1.165) is 25.9 Å². The lowest BCUT2D eigenvalue weighted by molar-refractivity contribution is 0.112. The Kier molecular flexibility index (Phi) is 3.26. The van der Waals surface area contributed by atoms with Crippen molar-refractivity contribution in [2.24, 2.45) is 0 Å². The predicted octanol–water partition coefficient (Wildman–Crippen LogP) is 2.69. The van der Waals surface area contributed by atoms with Crippen LogP contribution in [0, 0.1) is 0 Å². The van der Waals surface area contributed by atoms with Crippen molar-refractivity contribution in [1.29, 1.82) is 0 Å². The molecule has 0 spiro atoms. The quantitative estimate of drug-likeness (QED) is 0.735. The van der Waals surface area contributed by atoms with Gasteiger partial charge in [0.05, 0.1) is 7.11 Å². The lowest BCUT2D eigenvalue weighted by Crippen LogP contribution is -2.37. The van der Waals surface area contributed by atoms with Crippen LogP contribution in [0.25, 0.3) is 0 Å². The normalized spacial score (nSPS) is 17.8. The van der Waals surface area contributed by atoms with E-state index in [4.69, 9.17) is 4.74 Å². The molecule has 4 heteroatoms. The average molecular weight is 225 g/mol. The largest absolute Gasteiger partial charge is 0.453 e. The third-order valence-corrected chi connectivity index (χ3v) is 3.91. The maximum atomic E-state index is 11.3. The molecule has 0 bridgehead atoms. The lowest BCUT2D eigenvalue weighted by atomic mass is 9.95. The third kappa shape index (κ3) is 2.31. The monoisotopic (exact) mass is 225 g/mol. The van der Waals surface area contributed by atoms with Gasteiger partial charge >= 0.3 is 6.09 Å². The molecule has 0 unspecified atom stereocenters. The van der Waals surface area contributed by atoms with Crippen LogP contribution in [0.1, 0.15) is 23.6 Å². The molecule has 82 valence electrons. The number of hydrogen-bond acceptors (Lipinski definition) is 3. The number of amides is 1. The first kappa shape index (κ1) is 10.5. The number of ether oxygens (including phenoxy) is 1. The maximum absolute atomic E-state index is 11.3. The van der Waals surface area contributed by atoms with Crippen molar-refractivity contribution < 1.29 is 9.53 Å². The van der Waals surface area contributed by atoms with Gasteiger partial charge in [0.25, 0.3) is 0 Å². The van der Waals surface area contributed by atoms with Gasteiger partial charge in [-0.3, -0.25) is 0 Å². The van der Waals surface area contributed by atoms with Crippen LogP contribution >= 0.6 is 11.3 Å². The molecule has 0 saturated carbocycles. The van der Waals surface area contributed by atoms with Crippen LogP contribution < -0.4 is 0 Å². The van der Waals surface area contributed by atoms with Gasteiger partial charge in [0.1, 0.15) is 0 Å². The molecule has 0 atom stereocenters. The number of piperidine rings is 1. The molecular weight excluding hydrogens is 210 g/mol. The summed E-state index contributed by atoms with van der Waals surface area (Å²) in [6.07, 6.45) is 1.91. The van der Waals surface area contributed by atoms with Gasteiger partial charge in [0, 0.05) is 18.0 Å². The minimum absolute atomic E-state index is 0.195. The number of rotatable bonds is 1. The van der Waals surface area contributed by atoms with Gasteiger partial charge in [-0.25, -0.2) is 4.79 Å². The Balaban J connectivity index is 1.90. The first-order valence-electron chi connectivity index (χ1n) is 5.17. The zero-order valence-electron chi connectivity index (χ0n) is 8.81. The Morgan fingerprint density at radius 2 is 2.27 bits per heavy atom. The Labute approximate surface area is 93.7 Å². The second-order valence-corrected chi connectivity index (χ2v) is 4.73. The van der Waals surface area contributed by atoms with Gasteiger partial charge in [-0.15, -0.1) is 11.3 Å². The van der Waals surface area contributed by atoms with Crippen LogP contribution in [0.2, 0.25) is 0 Å². The Bertz CT molecular complexity index is 315. The highest BCUT2D eigenvalue weighted by atomic mass is 32.1. The van der Waals surface area contributed by atoms with Crippen LogP contribution in [0.3, 0.4) is 0 Å². The van der Waals surface area contributed by atoms with E-state index in [9.17, 15) is 4.79 Å². The van der Waals surface area contributed by atoms with E-state index in [1.807, 2.05) is 11.3 Å². The van der Waals surface area contributed by atoms with Crippen molar-refractivity contribution in [2.45, 2.75) is 18.8 Å². The van der Waals surface area contributed by atoms with Gasteiger partial charge in [0.15, 0.2) is 0 Å². The second-order valence-electron chi connectivity index (χ2n) is 3.75. The van der Waals surface area contributed by atoms with Crippen molar-refractivity contribution in [2.75, 3.05) is 20.2 Å². The molecule has 2 rings (SSSR count). The van der Waals surface area contributed by atoms with Crippen LogP contribution in [0.15, 0.2) is 17.5 Å². The molecule has 0 N–H and O–H groups in total. The zero-order valence-corrected chi connectivity index (χ0v) is 9.63. The molecule has 1 amide bonds. The Morgan fingerprint density at radius 1 is 1.53 bits per heavy atom. The number of likely N-dealkylation sites (tertiary alicyclic amines) is 1. The smallest absolute Gasteiger partial charge is 0.409 e. The first-order chi connectivity index (χ1) is 7.31. The summed E-state index contributed by atoms with van der Waals surface area (Å²) < 4.78 is 4.71. The molecular formula is C11H15NO2S. The van der Waals surface area contributed by atoms with Crippen molar-refractivity contribution >= 4 is 17.4 Å². The summed E-state index contributed by atoms with van der Waals surface area (Å²) in [5, 5.41) is 2.11. The second kappa shape index (κ2) is 4.66. The van der Waals surface area contributed by atoms with E-state index in [1.54, 1.807) is 4.90 Å². The summed E-state index contributed by atoms with van der Waals surface area (Å²) in [7, 11) is 1.44. The SMILES string of the molecule is COC(=O)N1CCC(c2cccs2)CC1. The number of methoxy groups -OCH3 is 1. The van der Waals surface area contributed by atoms with Gasteiger partial charge in [0.2, 0.25) is 0 Å². The fourth-order valence-electron chi connectivity index (χ4n) is 2.00. The number of nitrogens with zero attached hydrogens (tertiary/aromatic N) is 1. The topological polar surface area (TPSA) is 29.5 Å². The van der Waals surface area contributed by atoms with Crippen molar-refractivity contribution in [1.82, 2.24) is 4.90 Å². The van der Waals surface area contributed by atoms with Crippen LogP contribution in [0.5, 0.6) is 0 Å². The highest BCUT2D eigenvalue weighted by molar-refractivity contribution is 7.10. The molecule has 1 aromatic heterocycles. The van der Waals surface area contributed by atoms with Gasteiger partial charge in [-0.2, -0.15) is 0 Å². The maximum Gasteiger partial charge on any atom is 0.409 e. The molecule has 0 aromatic carbocycles. The lowest BCUT2D eigenvalue weighted by Gasteiger charge is -2.30. The minimum atomic E-state index is -0.195. The van der Waals surface area contributed by atoms with E-state index in [-0.39, 0.29) is 6.09 Å². The molecule has 1 aliphatic rings. The summed E-state index contributed by atoms with van der Waals surface area (Å²) in [5.41, 5.74) is 0. The molecule has 0 radical (unpaired) electrons. The summed E-state index contributed by atoms with van der Waals surface area (Å²) in [6.45, 7) is 1.63. The van der Waals surface area contributed by atoms with E-state index in [1.165, 1.54) is 12.0 Å². The molecule has 3 nitrogen and oxygen atoms in total. The standard InChI is InChI=1S/C11H15NO2S/c1-14-11(13)12-6-4-9(5-7-12)10-3-2-8-15-10/h2-3,8-9H,4-7H2,1H3. The third-order valence-electron chi connectivity index (χ3n) is 2.87. The molecule has 2 heterocycles. The van der Waals surface area contributed by atoms with E-state index < -0.39 is 0 Å². The average Bonchev–Trinajstić information content (AvgIpc) is 2.82. The van der Waals surface area contributed by atoms with Crippen molar-refractivity contribution in [3.63, 3.8) is 0 Å². The van der Waals surface area contributed by atoms with Crippen molar-refractivity contribution in [3.05, 3.63) is 22.4 Å². The summed E-state index contributed by atoms with van der Waals surface area (Å²) in [5.74, 6) is 0.630. The molecule has 1 aliphatic heterocycles. The van der Waals surface area contributed by atoms with Crippen LogP contribution in [-0.4, -0.2) is 31.2 Å². The molecule has 1 aromatic rings. The fourth-order valence-corrected chi connectivity index (χ4v) is 2.90. The highest BCUT2D eigenvalue weighted by Gasteiger charge is 2.24. The highest BCUT2D eigenvalue weighted by Crippen LogP contribution is 2.30. The fraction of sp³-hybridized carbons (Fsp3) is 0.545. The number of hydrogen-bond donors (Lipinski definition) is 0. The number of thiophene rings is 1. The van der Waals surface area contributed by atoms with Gasteiger partial charge in [-0.05, 0) is 30.2 Å². The molecule has 0 aliphatic carbocycles. The van der Waals surface area contributed by atoms with E-state index >= 15 is 0 Å². The van der Waals surface area contributed by atoms with E-state index in [2.05, 4.69) is 17.5 Å². The summed E-state index contributed by atoms with van der Waals surface area (Å²) in [6, 6.07) is 4.27. The molecule has 15 heavy (non-hydrogen) atoms. The summed E-state index contributed by atoms with van der Waals surface area (Å²) in [4.78, 5) is 14.5. The van der Waals surface area contributed by atoms with Crippen LogP contribution in [-0.2, 0) is 4.74 Å². The van der Waals surface area contributed by atoms with Gasteiger partial charge in [-0.1, -0.05) is 6.07 Å². The number of carbonyl (C=O) groups is 1. The predicted molar refractivity (Wildman–Crippen MR) is 60.3 cm³/mol. The molecule has 1 saturated heterocycles. The van der Waals surface area contributed by atoms with Crippen molar-refractivity contribution in [3.8, 4) is 0 Å². The minimum Gasteiger partial charge on any atom is -0.453 e. The Hall–Kier alpha value is -1.03. The number of carbonyl (C=O) groups excluding carboxylic acids is 1. The molecule has 1 fully saturated rings. The van der Waals surface area contributed by atoms with E-state index in [0.29, 0.717) is 5.92 Å².